The minimum atomic E-state index is -0.143. The Kier molecular flexibility index (Phi) is 4.17. The second-order valence-corrected chi connectivity index (χ2v) is 7.03. The topological polar surface area (TPSA) is 65.2 Å². The molecule has 1 aliphatic rings. The molecule has 132 valence electrons. The fraction of sp³-hybridized carbons (Fsp3) is 0.200. The third-order valence-electron chi connectivity index (χ3n) is 4.75. The van der Waals surface area contributed by atoms with Gasteiger partial charge in [-0.15, -0.1) is 0 Å². The monoisotopic (exact) mass is 367 g/mol. The summed E-state index contributed by atoms with van der Waals surface area (Å²) in [5, 5.41) is 4.55. The molecule has 26 heavy (non-hydrogen) atoms. The maximum atomic E-state index is 12.5. The number of nitrogens with one attached hydrogen (secondary N) is 2. The number of pyridine rings is 1. The molecule has 0 saturated carbocycles. The first-order chi connectivity index (χ1) is 12.5. The summed E-state index contributed by atoms with van der Waals surface area (Å²) >= 11 is 5.87. The molecule has 5 nitrogen and oxygen atoms in total. The normalized spacial score (nSPS) is 13.5. The van der Waals surface area contributed by atoms with Gasteiger partial charge in [-0.1, -0.05) is 11.6 Å². The summed E-state index contributed by atoms with van der Waals surface area (Å²) in [6.07, 6.45) is 0.789. The third-order valence-corrected chi connectivity index (χ3v) is 5.00. The molecule has 0 unspecified atom stereocenters. The molecule has 0 aliphatic carbocycles. The van der Waals surface area contributed by atoms with Crippen LogP contribution < -0.4 is 10.9 Å². The molecule has 6 heteroatoms. The summed E-state index contributed by atoms with van der Waals surface area (Å²) in [5.74, 6) is 0. The van der Waals surface area contributed by atoms with E-state index in [0.29, 0.717) is 29.4 Å². The number of aryl methyl sites for hydroxylation is 1. The van der Waals surface area contributed by atoms with E-state index in [9.17, 15) is 9.59 Å². The molecule has 2 aromatic carbocycles. The van der Waals surface area contributed by atoms with E-state index in [4.69, 9.17) is 11.6 Å². The van der Waals surface area contributed by atoms with E-state index in [1.165, 1.54) is 5.56 Å². The molecule has 0 atom stereocenters. The van der Waals surface area contributed by atoms with Gasteiger partial charge in [0.25, 0.3) is 5.56 Å². The number of fused-ring (bicyclic) bond motifs is 2. The van der Waals surface area contributed by atoms with Crippen molar-refractivity contribution < 1.29 is 4.79 Å². The van der Waals surface area contributed by atoms with Crippen LogP contribution in [0.15, 0.2) is 47.3 Å². The van der Waals surface area contributed by atoms with Crippen LogP contribution in [-0.2, 0) is 13.0 Å². The number of benzene rings is 2. The molecule has 1 aliphatic heterocycles. The lowest BCUT2D eigenvalue weighted by Gasteiger charge is -2.29. The van der Waals surface area contributed by atoms with Gasteiger partial charge in [0.05, 0.1) is 0 Å². The molecule has 2 heterocycles. The van der Waals surface area contributed by atoms with Crippen LogP contribution >= 0.6 is 11.6 Å². The summed E-state index contributed by atoms with van der Waals surface area (Å²) in [6, 6.07) is 12.9. The van der Waals surface area contributed by atoms with Crippen molar-refractivity contribution in [1.29, 1.82) is 0 Å². The van der Waals surface area contributed by atoms with Crippen molar-refractivity contribution in [3.63, 3.8) is 0 Å². The molecule has 0 fully saturated rings. The zero-order chi connectivity index (χ0) is 18.3. The number of hydrogen-bond donors (Lipinski definition) is 2. The molecular weight excluding hydrogens is 350 g/mol. The molecule has 0 saturated heterocycles. The number of carbonyl (C=O) groups is 1. The number of aromatic amines is 1. The van der Waals surface area contributed by atoms with E-state index in [1.54, 1.807) is 36.1 Å². The molecule has 3 aromatic rings. The lowest BCUT2D eigenvalue weighted by Crippen LogP contribution is -2.38. The van der Waals surface area contributed by atoms with Gasteiger partial charge in [0.15, 0.2) is 0 Å². The maximum absolute atomic E-state index is 12.5. The largest absolute Gasteiger partial charge is 0.322 e. The highest BCUT2D eigenvalue weighted by Gasteiger charge is 2.21. The number of nitrogens with zero attached hydrogens (tertiary/aromatic N) is 1. The van der Waals surface area contributed by atoms with E-state index in [1.807, 2.05) is 12.1 Å². The first-order valence-electron chi connectivity index (χ1n) is 8.46. The average molecular weight is 368 g/mol. The average Bonchev–Trinajstić information content (AvgIpc) is 2.62. The SMILES string of the molecule is Cc1cc2cc3c(cc2[nH]c1=O)CN(C(=O)Nc1ccc(Cl)cc1)CC3. The molecule has 2 amide bonds. The van der Waals surface area contributed by atoms with Crippen LogP contribution in [0.25, 0.3) is 10.9 Å². The number of amides is 2. The van der Waals surface area contributed by atoms with Gasteiger partial charge in [0, 0.05) is 34.9 Å². The predicted octanol–water partition coefficient (Wildman–Crippen LogP) is 4.08. The molecule has 0 radical (unpaired) electrons. The van der Waals surface area contributed by atoms with Crippen molar-refractivity contribution >= 4 is 34.2 Å². The van der Waals surface area contributed by atoms with E-state index in [2.05, 4.69) is 16.4 Å². The minimum absolute atomic E-state index is 0.0782. The molecule has 0 bridgehead atoms. The maximum Gasteiger partial charge on any atom is 0.322 e. The number of halogens is 1. The van der Waals surface area contributed by atoms with E-state index < -0.39 is 0 Å². The summed E-state index contributed by atoms with van der Waals surface area (Å²) in [4.78, 5) is 29.1. The van der Waals surface area contributed by atoms with Gasteiger partial charge >= 0.3 is 6.03 Å². The van der Waals surface area contributed by atoms with E-state index >= 15 is 0 Å². The van der Waals surface area contributed by atoms with Gasteiger partial charge in [0.2, 0.25) is 0 Å². The second kappa shape index (κ2) is 6.50. The van der Waals surface area contributed by atoms with Gasteiger partial charge in [-0.25, -0.2) is 4.79 Å². The lowest BCUT2D eigenvalue weighted by molar-refractivity contribution is 0.206. The van der Waals surface area contributed by atoms with Gasteiger partial charge < -0.3 is 15.2 Å². The summed E-state index contributed by atoms with van der Waals surface area (Å²) < 4.78 is 0. The molecule has 0 spiro atoms. The first kappa shape index (κ1) is 16.7. The van der Waals surface area contributed by atoms with Gasteiger partial charge in [0.1, 0.15) is 0 Å². The van der Waals surface area contributed by atoms with Crippen LogP contribution in [0.4, 0.5) is 10.5 Å². The fourth-order valence-corrected chi connectivity index (χ4v) is 3.41. The number of anilines is 1. The number of urea groups is 1. The van der Waals surface area contributed by atoms with Gasteiger partial charge in [-0.3, -0.25) is 4.79 Å². The Hall–Kier alpha value is -2.79. The third kappa shape index (κ3) is 3.18. The van der Waals surface area contributed by atoms with Crippen molar-refractivity contribution in [2.45, 2.75) is 19.9 Å². The highest BCUT2D eigenvalue weighted by Crippen LogP contribution is 2.25. The van der Waals surface area contributed by atoms with E-state index in [0.717, 1.165) is 22.9 Å². The van der Waals surface area contributed by atoms with Crippen molar-refractivity contribution in [2.24, 2.45) is 0 Å². The van der Waals surface area contributed by atoms with Crippen molar-refractivity contribution in [2.75, 3.05) is 11.9 Å². The van der Waals surface area contributed by atoms with Crippen LogP contribution in [0.2, 0.25) is 5.02 Å². The number of carbonyl (C=O) groups excluding carboxylic acids is 1. The Morgan fingerprint density at radius 3 is 2.69 bits per heavy atom. The highest BCUT2D eigenvalue weighted by atomic mass is 35.5. The van der Waals surface area contributed by atoms with Crippen LogP contribution in [0, 0.1) is 6.92 Å². The number of H-pyrrole nitrogens is 1. The fourth-order valence-electron chi connectivity index (χ4n) is 3.28. The summed E-state index contributed by atoms with van der Waals surface area (Å²) in [7, 11) is 0. The predicted molar refractivity (Wildman–Crippen MR) is 104 cm³/mol. The number of hydrogen-bond acceptors (Lipinski definition) is 2. The first-order valence-corrected chi connectivity index (χ1v) is 8.84. The van der Waals surface area contributed by atoms with Crippen LogP contribution in [0.1, 0.15) is 16.7 Å². The molecule has 4 rings (SSSR count). The molecule has 2 N–H and O–H groups in total. The number of rotatable bonds is 1. The van der Waals surface area contributed by atoms with E-state index in [-0.39, 0.29) is 11.6 Å². The van der Waals surface area contributed by atoms with Gasteiger partial charge in [-0.2, -0.15) is 0 Å². The highest BCUT2D eigenvalue weighted by molar-refractivity contribution is 6.30. The van der Waals surface area contributed by atoms with Crippen molar-refractivity contribution in [1.82, 2.24) is 9.88 Å². The molecule has 1 aromatic heterocycles. The lowest BCUT2D eigenvalue weighted by atomic mass is 9.97. The Morgan fingerprint density at radius 2 is 1.92 bits per heavy atom. The number of aromatic nitrogens is 1. The Labute approximate surface area is 155 Å². The zero-order valence-corrected chi connectivity index (χ0v) is 15.1. The Bertz CT molecular complexity index is 1060. The van der Waals surface area contributed by atoms with Crippen LogP contribution in [-0.4, -0.2) is 22.5 Å². The zero-order valence-electron chi connectivity index (χ0n) is 14.3. The Morgan fingerprint density at radius 1 is 1.15 bits per heavy atom. The quantitative estimate of drug-likeness (QED) is 0.680. The minimum Gasteiger partial charge on any atom is -0.322 e. The standard InChI is InChI=1S/C20H18ClN3O2/c1-12-8-14-9-13-6-7-24(11-15(13)10-18(14)23-19(12)25)20(26)22-17-4-2-16(21)3-5-17/h2-5,8-10H,6-7,11H2,1H3,(H,22,26)(H,23,25). The smallest absolute Gasteiger partial charge is 0.322 e. The van der Waals surface area contributed by atoms with Gasteiger partial charge in [-0.05, 0) is 72.3 Å². The second-order valence-electron chi connectivity index (χ2n) is 6.60. The summed E-state index contributed by atoms with van der Waals surface area (Å²) in [5.41, 5.74) is 4.43. The van der Waals surface area contributed by atoms with Crippen molar-refractivity contribution in [3.8, 4) is 0 Å². The van der Waals surface area contributed by atoms with Crippen molar-refractivity contribution in [3.05, 3.63) is 74.5 Å². The molecular formula is C20H18ClN3O2. The van der Waals surface area contributed by atoms with Crippen LogP contribution in [0.5, 0.6) is 0 Å². The Balaban J connectivity index is 1.57. The van der Waals surface area contributed by atoms with Crippen LogP contribution in [0.3, 0.4) is 0 Å². The summed E-state index contributed by atoms with van der Waals surface area (Å²) in [6.45, 7) is 2.97.